The monoisotopic (exact) mass is 566 g/mol. The molecular weight excluding hydrogens is 531 g/mol. The van der Waals surface area contributed by atoms with E-state index in [2.05, 4.69) is 22.3 Å². The standard InChI is InChI=1S/C31H36Cl2N4O2/c32-21-13-14-25-23(17-21)29(20-9-3-1-4-10-20)30(31(39)34-25)26-18-27(22-11-5-6-12-24(22)33)37(35-26)28(38)19-36-15-7-2-8-16-36/h1,3-6,9-12,21,23,25,27,29-30H,2,7-8,13-19H2,(H,34,39). The molecule has 1 saturated carbocycles. The van der Waals surface area contributed by atoms with Gasteiger partial charge in [-0.05, 0) is 68.3 Å². The van der Waals surface area contributed by atoms with Gasteiger partial charge < -0.3 is 5.32 Å². The molecule has 0 spiro atoms. The van der Waals surface area contributed by atoms with Gasteiger partial charge in [-0.15, -0.1) is 11.6 Å². The lowest BCUT2D eigenvalue weighted by Crippen LogP contribution is -2.57. The second-order valence-corrected chi connectivity index (χ2v) is 12.5. The number of nitrogens with one attached hydrogen (secondary N) is 1. The molecule has 2 aromatic carbocycles. The fourth-order valence-corrected chi connectivity index (χ4v) is 7.80. The molecule has 39 heavy (non-hydrogen) atoms. The fraction of sp³-hybridized carbons (Fsp3) is 0.516. The smallest absolute Gasteiger partial charge is 0.257 e. The van der Waals surface area contributed by atoms with E-state index in [-0.39, 0.29) is 41.1 Å². The van der Waals surface area contributed by atoms with Crippen molar-refractivity contribution >= 4 is 40.7 Å². The van der Waals surface area contributed by atoms with Gasteiger partial charge in [0, 0.05) is 28.8 Å². The molecule has 206 valence electrons. The third-order valence-electron chi connectivity index (χ3n) is 9.07. The summed E-state index contributed by atoms with van der Waals surface area (Å²) in [5.74, 6) is -0.339. The van der Waals surface area contributed by atoms with Crippen LogP contribution in [-0.4, -0.2) is 58.5 Å². The van der Waals surface area contributed by atoms with Gasteiger partial charge in [-0.25, -0.2) is 5.01 Å². The van der Waals surface area contributed by atoms with Crippen molar-refractivity contribution in [3.05, 3.63) is 70.7 Å². The van der Waals surface area contributed by atoms with Gasteiger partial charge in [0.15, 0.2) is 0 Å². The molecule has 0 radical (unpaired) electrons. The van der Waals surface area contributed by atoms with Gasteiger partial charge in [-0.2, -0.15) is 5.10 Å². The molecule has 0 aromatic heterocycles. The molecule has 3 aliphatic heterocycles. The predicted molar refractivity (Wildman–Crippen MR) is 155 cm³/mol. The molecule has 3 fully saturated rings. The molecular formula is C31H36Cl2N4O2. The van der Waals surface area contributed by atoms with Crippen LogP contribution in [0, 0.1) is 11.8 Å². The number of halogens is 2. The van der Waals surface area contributed by atoms with Crippen LogP contribution in [0.15, 0.2) is 59.7 Å². The van der Waals surface area contributed by atoms with E-state index >= 15 is 0 Å². The van der Waals surface area contributed by atoms with Gasteiger partial charge in [-0.3, -0.25) is 14.5 Å². The first-order valence-electron chi connectivity index (χ1n) is 14.3. The van der Waals surface area contributed by atoms with Crippen molar-refractivity contribution in [1.29, 1.82) is 0 Å². The summed E-state index contributed by atoms with van der Waals surface area (Å²) in [7, 11) is 0. The van der Waals surface area contributed by atoms with Gasteiger partial charge in [0.1, 0.15) is 0 Å². The number of hydrogen-bond acceptors (Lipinski definition) is 4. The van der Waals surface area contributed by atoms with E-state index in [9.17, 15) is 9.59 Å². The van der Waals surface area contributed by atoms with Crippen LogP contribution in [0.1, 0.15) is 68.0 Å². The van der Waals surface area contributed by atoms with Crippen LogP contribution in [0.3, 0.4) is 0 Å². The summed E-state index contributed by atoms with van der Waals surface area (Å²) in [6.45, 7) is 2.18. The van der Waals surface area contributed by atoms with Crippen LogP contribution in [0.25, 0.3) is 0 Å². The Kier molecular flexibility index (Phi) is 7.97. The van der Waals surface area contributed by atoms with Crippen molar-refractivity contribution in [2.45, 2.75) is 68.3 Å². The van der Waals surface area contributed by atoms with Gasteiger partial charge in [-0.1, -0.05) is 66.6 Å². The Morgan fingerprint density at radius 2 is 1.74 bits per heavy atom. The van der Waals surface area contributed by atoms with Crippen LogP contribution in [0.2, 0.25) is 5.02 Å². The van der Waals surface area contributed by atoms with Crippen molar-refractivity contribution in [3.8, 4) is 0 Å². The average Bonchev–Trinajstić information content (AvgIpc) is 3.39. The summed E-state index contributed by atoms with van der Waals surface area (Å²) >= 11 is 13.4. The zero-order chi connectivity index (χ0) is 26.9. The van der Waals surface area contributed by atoms with E-state index in [1.54, 1.807) is 5.01 Å². The summed E-state index contributed by atoms with van der Waals surface area (Å²) in [6.07, 6.45) is 6.56. The lowest BCUT2D eigenvalue weighted by atomic mass is 9.64. The largest absolute Gasteiger partial charge is 0.352 e. The number of nitrogens with zero attached hydrogens (tertiary/aromatic N) is 3. The van der Waals surface area contributed by atoms with Gasteiger partial charge in [0.25, 0.3) is 5.91 Å². The number of hydrogen-bond donors (Lipinski definition) is 1. The number of carbonyl (C=O) groups excluding carboxylic acids is 2. The van der Waals surface area contributed by atoms with Crippen molar-refractivity contribution in [2.75, 3.05) is 19.6 Å². The highest BCUT2D eigenvalue weighted by Crippen LogP contribution is 2.48. The number of carbonyl (C=O) groups is 2. The highest BCUT2D eigenvalue weighted by Gasteiger charge is 2.51. The van der Waals surface area contributed by atoms with E-state index in [0.717, 1.165) is 62.0 Å². The number of fused-ring (bicyclic) bond motifs is 1. The molecule has 8 heteroatoms. The Labute approximate surface area is 240 Å². The van der Waals surface area contributed by atoms with Gasteiger partial charge in [0.05, 0.1) is 24.2 Å². The summed E-state index contributed by atoms with van der Waals surface area (Å²) in [6, 6.07) is 17.7. The van der Waals surface area contributed by atoms with Crippen LogP contribution in [0.4, 0.5) is 0 Å². The molecule has 2 aromatic rings. The number of amides is 2. The van der Waals surface area contributed by atoms with E-state index in [4.69, 9.17) is 28.3 Å². The quantitative estimate of drug-likeness (QED) is 0.468. The lowest BCUT2D eigenvalue weighted by molar-refractivity contribution is -0.134. The summed E-state index contributed by atoms with van der Waals surface area (Å²) in [5, 5.41) is 10.6. The summed E-state index contributed by atoms with van der Waals surface area (Å²) in [5.41, 5.74) is 2.76. The Balaban J connectivity index is 1.37. The van der Waals surface area contributed by atoms with Crippen LogP contribution < -0.4 is 5.32 Å². The Bertz CT molecular complexity index is 1230. The number of likely N-dealkylation sites (tertiary alicyclic amines) is 1. The molecule has 6 unspecified atom stereocenters. The van der Waals surface area contributed by atoms with Crippen LogP contribution in [0.5, 0.6) is 0 Å². The highest BCUT2D eigenvalue weighted by atomic mass is 35.5. The molecule has 6 nitrogen and oxygen atoms in total. The number of benzene rings is 2. The maximum Gasteiger partial charge on any atom is 0.257 e. The Morgan fingerprint density at radius 3 is 2.51 bits per heavy atom. The van der Waals surface area contributed by atoms with Crippen molar-refractivity contribution in [2.24, 2.45) is 16.9 Å². The first-order valence-corrected chi connectivity index (χ1v) is 15.2. The van der Waals surface area contributed by atoms with E-state index in [0.29, 0.717) is 18.0 Å². The van der Waals surface area contributed by atoms with Crippen LogP contribution >= 0.6 is 23.2 Å². The average molecular weight is 568 g/mol. The molecule has 6 rings (SSSR count). The topological polar surface area (TPSA) is 65.0 Å². The number of rotatable bonds is 5. The summed E-state index contributed by atoms with van der Waals surface area (Å²) in [4.78, 5) is 29.8. The maximum absolute atomic E-state index is 13.8. The molecule has 1 aliphatic carbocycles. The van der Waals surface area contributed by atoms with E-state index < -0.39 is 5.92 Å². The molecule has 2 saturated heterocycles. The molecule has 0 bridgehead atoms. The third-order valence-corrected chi connectivity index (χ3v) is 9.81. The SMILES string of the molecule is O=C1NC2CCC(Cl)CC2C(c2ccccc2)C1C1=NN(C(=O)CN2CCCCC2)C(c2ccccc2Cl)C1. The van der Waals surface area contributed by atoms with E-state index in [1.807, 2.05) is 42.5 Å². The normalized spacial score (nSPS) is 31.4. The molecule has 2 amide bonds. The van der Waals surface area contributed by atoms with E-state index in [1.165, 1.54) is 6.42 Å². The second kappa shape index (κ2) is 11.6. The minimum absolute atomic E-state index is 0.000105. The highest BCUT2D eigenvalue weighted by molar-refractivity contribution is 6.31. The molecule has 3 heterocycles. The Morgan fingerprint density at radius 1 is 1.00 bits per heavy atom. The van der Waals surface area contributed by atoms with Crippen LogP contribution in [-0.2, 0) is 9.59 Å². The lowest BCUT2D eigenvalue weighted by Gasteiger charge is -2.46. The molecule has 1 N–H and O–H groups in total. The maximum atomic E-state index is 13.8. The fourth-order valence-electron chi connectivity index (χ4n) is 7.20. The molecule has 6 atom stereocenters. The summed E-state index contributed by atoms with van der Waals surface area (Å²) < 4.78 is 0. The van der Waals surface area contributed by atoms with Crippen molar-refractivity contribution in [3.63, 3.8) is 0 Å². The number of hydrazone groups is 1. The van der Waals surface area contributed by atoms with Crippen molar-refractivity contribution in [1.82, 2.24) is 15.2 Å². The number of alkyl halides is 1. The Hall–Kier alpha value is -2.41. The predicted octanol–water partition coefficient (Wildman–Crippen LogP) is 5.76. The van der Waals surface area contributed by atoms with Gasteiger partial charge >= 0.3 is 0 Å². The van der Waals surface area contributed by atoms with Gasteiger partial charge in [0.2, 0.25) is 5.91 Å². The minimum Gasteiger partial charge on any atom is -0.352 e. The first-order chi connectivity index (χ1) is 19.0. The minimum atomic E-state index is -0.464. The number of piperidine rings is 2. The van der Waals surface area contributed by atoms with Crippen molar-refractivity contribution < 1.29 is 9.59 Å². The second-order valence-electron chi connectivity index (χ2n) is 11.5. The third kappa shape index (κ3) is 5.48. The zero-order valence-corrected chi connectivity index (χ0v) is 23.7. The molecule has 4 aliphatic rings. The zero-order valence-electron chi connectivity index (χ0n) is 22.1. The first kappa shape index (κ1) is 26.8.